The molecule has 0 radical (unpaired) electrons. The lowest BCUT2D eigenvalue weighted by molar-refractivity contribution is -0.130. The van der Waals surface area contributed by atoms with Gasteiger partial charge in [0.2, 0.25) is 5.91 Å². The Morgan fingerprint density at radius 1 is 1.03 bits per heavy atom. The third-order valence-corrected chi connectivity index (χ3v) is 7.91. The number of carbonyl (C=O) groups excluding carboxylic acids is 1. The maximum Gasteiger partial charge on any atom is 0.242 e. The van der Waals surface area contributed by atoms with Crippen molar-refractivity contribution in [3.63, 3.8) is 0 Å². The molecule has 0 bridgehead atoms. The van der Waals surface area contributed by atoms with E-state index in [1.54, 1.807) is 0 Å². The standard InChI is InChI=1S/C28H37ClN4O/c29-26-8-2-1-6-24(26)21-33(17-16-31-13-3-4-14-31)28(34)18-30-27-9-5-7-23-20-32(15-12-25(23)27)19-22-10-11-22/h1-2,5-9,22,30H,3-4,10-21H2. The number of rotatable bonds is 10. The van der Waals surface area contributed by atoms with Crippen molar-refractivity contribution in [2.24, 2.45) is 5.92 Å². The van der Waals surface area contributed by atoms with E-state index in [-0.39, 0.29) is 5.91 Å². The number of nitrogens with zero attached hydrogens (tertiary/aromatic N) is 3. The zero-order chi connectivity index (χ0) is 23.3. The van der Waals surface area contributed by atoms with Crippen LogP contribution in [0.3, 0.4) is 0 Å². The summed E-state index contributed by atoms with van der Waals surface area (Å²) in [6.07, 6.45) is 6.37. The first kappa shape index (κ1) is 23.7. The van der Waals surface area contributed by atoms with Crippen molar-refractivity contribution in [3.8, 4) is 0 Å². The normalized spacial score (nSPS) is 18.6. The molecule has 0 spiro atoms. The SMILES string of the molecule is O=C(CNc1cccc2c1CCN(CC1CC1)C2)N(CCN1CCCC1)Cc1ccccc1Cl. The summed E-state index contributed by atoms with van der Waals surface area (Å²) in [5.41, 5.74) is 4.92. The minimum atomic E-state index is 0.128. The topological polar surface area (TPSA) is 38.8 Å². The lowest BCUT2D eigenvalue weighted by atomic mass is 9.97. The molecule has 182 valence electrons. The van der Waals surface area contributed by atoms with Crippen LogP contribution in [0.15, 0.2) is 42.5 Å². The van der Waals surface area contributed by atoms with Gasteiger partial charge >= 0.3 is 0 Å². The first-order valence-electron chi connectivity index (χ1n) is 13.0. The summed E-state index contributed by atoms with van der Waals surface area (Å²) in [5, 5.41) is 4.22. The highest BCUT2D eigenvalue weighted by atomic mass is 35.5. The van der Waals surface area contributed by atoms with Gasteiger partial charge in [0.05, 0.1) is 6.54 Å². The molecule has 2 fully saturated rings. The number of benzene rings is 2. The molecule has 6 heteroatoms. The molecule has 3 aliphatic rings. The van der Waals surface area contributed by atoms with Crippen LogP contribution in [0, 0.1) is 5.92 Å². The predicted octanol–water partition coefficient (Wildman–Crippen LogP) is 4.64. The lowest BCUT2D eigenvalue weighted by Crippen LogP contribution is -2.40. The van der Waals surface area contributed by atoms with Crippen LogP contribution in [0.1, 0.15) is 42.4 Å². The van der Waals surface area contributed by atoms with Crippen LogP contribution in [0.2, 0.25) is 5.02 Å². The number of anilines is 1. The summed E-state index contributed by atoms with van der Waals surface area (Å²) in [7, 11) is 0. The fraction of sp³-hybridized carbons (Fsp3) is 0.536. The van der Waals surface area contributed by atoms with E-state index in [9.17, 15) is 4.79 Å². The summed E-state index contributed by atoms with van der Waals surface area (Å²) in [6.45, 7) is 8.19. The monoisotopic (exact) mass is 480 g/mol. The quantitative estimate of drug-likeness (QED) is 0.537. The molecule has 2 aliphatic heterocycles. The highest BCUT2D eigenvalue weighted by Crippen LogP contribution is 2.33. The van der Waals surface area contributed by atoms with E-state index in [1.165, 1.54) is 43.4 Å². The molecule has 0 aromatic heterocycles. The molecule has 1 saturated carbocycles. The number of halogens is 1. The molecule has 0 unspecified atom stereocenters. The van der Waals surface area contributed by atoms with E-state index in [2.05, 4.69) is 33.3 Å². The number of likely N-dealkylation sites (tertiary alicyclic amines) is 1. The Kier molecular flexibility index (Phi) is 7.73. The highest BCUT2D eigenvalue weighted by molar-refractivity contribution is 6.31. The maximum absolute atomic E-state index is 13.4. The average Bonchev–Trinajstić information content (AvgIpc) is 3.51. The van der Waals surface area contributed by atoms with Gasteiger partial charge in [-0.1, -0.05) is 41.9 Å². The van der Waals surface area contributed by atoms with Crippen molar-refractivity contribution in [2.75, 3.05) is 51.1 Å². The van der Waals surface area contributed by atoms with Gasteiger partial charge in [0.1, 0.15) is 0 Å². The number of carbonyl (C=O) groups is 1. The van der Waals surface area contributed by atoms with Gasteiger partial charge in [-0.15, -0.1) is 0 Å². The Morgan fingerprint density at radius 2 is 1.85 bits per heavy atom. The highest BCUT2D eigenvalue weighted by Gasteiger charge is 2.27. The second kappa shape index (κ2) is 11.1. The predicted molar refractivity (Wildman–Crippen MR) is 139 cm³/mol. The zero-order valence-electron chi connectivity index (χ0n) is 20.1. The van der Waals surface area contributed by atoms with Gasteiger partial charge in [-0.2, -0.15) is 0 Å². The Hall–Kier alpha value is -2.08. The molecule has 1 N–H and O–H groups in total. The molecular weight excluding hydrogens is 444 g/mol. The second-order valence-corrected chi connectivity index (χ2v) is 10.6. The molecule has 1 aliphatic carbocycles. The third-order valence-electron chi connectivity index (χ3n) is 7.54. The first-order valence-corrected chi connectivity index (χ1v) is 13.3. The van der Waals surface area contributed by atoms with Crippen molar-refractivity contribution in [2.45, 2.75) is 45.2 Å². The molecule has 5 rings (SSSR count). The van der Waals surface area contributed by atoms with Crippen molar-refractivity contribution in [1.29, 1.82) is 0 Å². The van der Waals surface area contributed by atoms with Crippen LogP contribution in [-0.4, -0.2) is 66.4 Å². The largest absolute Gasteiger partial charge is 0.376 e. The first-order chi connectivity index (χ1) is 16.7. The second-order valence-electron chi connectivity index (χ2n) is 10.2. The summed E-state index contributed by atoms with van der Waals surface area (Å²) in [4.78, 5) is 20.4. The van der Waals surface area contributed by atoms with E-state index < -0.39 is 0 Å². The van der Waals surface area contributed by atoms with Gasteiger partial charge in [-0.25, -0.2) is 0 Å². The fourth-order valence-corrected chi connectivity index (χ4v) is 5.53. The molecule has 1 amide bonds. The van der Waals surface area contributed by atoms with Crippen LogP contribution >= 0.6 is 11.6 Å². The van der Waals surface area contributed by atoms with Gasteiger partial charge in [0.25, 0.3) is 0 Å². The van der Waals surface area contributed by atoms with E-state index in [0.717, 1.165) is 67.9 Å². The van der Waals surface area contributed by atoms with Crippen LogP contribution in [0.4, 0.5) is 5.69 Å². The van der Waals surface area contributed by atoms with Crippen LogP contribution in [-0.2, 0) is 24.3 Å². The van der Waals surface area contributed by atoms with Crippen molar-refractivity contribution in [1.82, 2.24) is 14.7 Å². The van der Waals surface area contributed by atoms with Gasteiger partial charge in [0.15, 0.2) is 0 Å². The molecule has 34 heavy (non-hydrogen) atoms. The Morgan fingerprint density at radius 3 is 2.65 bits per heavy atom. The summed E-state index contributed by atoms with van der Waals surface area (Å²) in [5.74, 6) is 1.05. The molecule has 0 atom stereocenters. The summed E-state index contributed by atoms with van der Waals surface area (Å²) < 4.78 is 0. The Bertz CT molecular complexity index is 986. The minimum absolute atomic E-state index is 0.128. The zero-order valence-corrected chi connectivity index (χ0v) is 20.9. The smallest absolute Gasteiger partial charge is 0.242 e. The van der Waals surface area contributed by atoms with Gasteiger partial charge < -0.3 is 15.1 Å². The van der Waals surface area contributed by atoms with Crippen LogP contribution in [0.25, 0.3) is 0 Å². The fourth-order valence-electron chi connectivity index (χ4n) is 5.33. The van der Waals surface area contributed by atoms with E-state index in [4.69, 9.17) is 11.6 Å². The molecule has 2 aromatic carbocycles. The van der Waals surface area contributed by atoms with E-state index in [0.29, 0.717) is 13.1 Å². The van der Waals surface area contributed by atoms with Gasteiger partial charge in [0, 0.05) is 50.0 Å². The molecule has 2 aromatic rings. The van der Waals surface area contributed by atoms with E-state index in [1.807, 2.05) is 29.2 Å². The van der Waals surface area contributed by atoms with Gasteiger partial charge in [-0.3, -0.25) is 9.69 Å². The molecular formula is C28H37ClN4O. The Labute approximate surface area is 209 Å². The number of nitrogens with one attached hydrogen (secondary N) is 1. The summed E-state index contributed by atoms with van der Waals surface area (Å²) >= 11 is 6.43. The van der Waals surface area contributed by atoms with Crippen LogP contribution < -0.4 is 5.32 Å². The van der Waals surface area contributed by atoms with Gasteiger partial charge in [-0.05, 0) is 79.9 Å². The minimum Gasteiger partial charge on any atom is -0.376 e. The number of amides is 1. The lowest BCUT2D eigenvalue weighted by Gasteiger charge is -2.30. The molecule has 5 nitrogen and oxygen atoms in total. The van der Waals surface area contributed by atoms with Crippen molar-refractivity contribution in [3.05, 3.63) is 64.2 Å². The third kappa shape index (κ3) is 6.12. The number of fused-ring (bicyclic) bond motifs is 1. The van der Waals surface area contributed by atoms with E-state index >= 15 is 0 Å². The van der Waals surface area contributed by atoms with Crippen molar-refractivity contribution >= 4 is 23.2 Å². The van der Waals surface area contributed by atoms with Crippen LogP contribution in [0.5, 0.6) is 0 Å². The molecule has 1 saturated heterocycles. The average molecular weight is 481 g/mol. The summed E-state index contributed by atoms with van der Waals surface area (Å²) in [6, 6.07) is 14.4. The molecule has 2 heterocycles. The Balaban J connectivity index is 1.22. The number of hydrogen-bond donors (Lipinski definition) is 1. The number of hydrogen-bond acceptors (Lipinski definition) is 4. The maximum atomic E-state index is 13.4. The van der Waals surface area contributed by atoms with Crippen molar-refractivity contribution < 1.29 is 4.79 Å².